The Kier molecular flexibility index (Phi) is 5.81. The van der Waals surface area contributed by atoms with Gasteiger partial charge in [0.15, 0.2) is 0 Å². The Hall–Kier alpha value is -3.43. The number of ether oxygens (including phenoxy) is 1. The summed E-state index contributed by atoms with van der Waals surface area (Å²) in [5, 5.41) is 23.3. The van der Waals surface area contributed by atoms with Crippen molar-refractivity contribution in [3.8, 4) is 17.7 Å². The van der Waals surface area contributed by atoms with Crippen molar-refractivity contribution in [2.24, 2.45) is 5.14 Å². The Morgan fingerprint density at radius 3 is 2.41 bits per heavy atom. The van der Waals surface area contributed by atoms with Crippen LogP contribution in [0, 0.1) is 11.3 Å². The van der Waals surface area contributed by atoms with Gasteiger partial charge >= 0.3 is 6.09 Å². The van der Waals surface area contributed by atoms with Crippen molar-refractivity contribution in [3.05, 3.63) is 41.6 Å². The van der Waals surface area contributed by atoms with E-state index < -0.39 is 16.1 Å². The minimum atomic E-state index is -3.63. The molecule has 0 bridgehead atoms. The first kappa shape index (κ1) is 20.3. The number of sulfonamides is 1. The van der Waals surface area contributed by atoms with Gasteiger partial charge < -0.3 is 19.6 Å². The molecule has 0 unspecified atom stereocenters. The molecule has 3 N–H and O–H groups in total. The summed E-state index contributed by atoms with van der Waals surface area (Å²) in [7, 11) is -3.63. The highest BCUT2D eigenvalue weighted by atomic mass is 32.2. The molecule has 0 spiro atoms. The zero-order valence-electron chi connectivity index (χ0n) is 15.2. The fourth-order valence-corrected chi connectivity index (χ4v) is 3.43. The largest absolute Gasteiger partial charge is 0.465 e. The highest BCUT2D eigenvalue weighted by Crippen LogP contribution is 2.23. The predicted octanol–water partition coefficient (Wildman–Crippen LogP) is 0.729. The van der Waals surface area contributed by atoms with Gasteiger partial charge in [-0.1, -0.05) is 12.1 Å². The van der Waals surface area contributed by atoms with E-state index in [1.165, 1.54) is 11.0 Å². The van der Waals surface area contributed by atoms with Crippen LogP contribution in [0.5, 0.6) is 11.6 Å². The van der Waals surface area contributed by atoms with Gasteiger partial charge in [-0.2, -0.15) is 10.2 Å². The number of rotatable bonds is 5. The Bertz CT molecular complexity index is 1040. The molecule has 0 aliphatic carbocycles. The standard InChI is InChI=1S/C17H18N6O5S/c18-10-13-9-15(28-14-3-1-12(2-4-14)11-29(19,26)27)21-16(20-13)22-5-7-23(8-6-22)17(24)25/h1-4,9H,5-8,11H2,(H,24,25)(H2,19,26,27). The molecule has 12 heteroatoms. The molecule has 0 saturated carbocycles. The number of benzene rings is 1. The van der Waals surface area contributed by atoms with Crippen LogP contribution in [-0.2, 0) is 15.8 Å². The molecule has 1 aromatic heterocycles. The van der Waals surface area contributed by atoms with Gasteiger partial charge in [-0.05, 0) is 17.7 Å². The highest BCUT2D eigenvalue weighted by molar-refractivity contribution is 7.88. The number of amides is 1. The van der Waals surface area contributed by atoms with Gasteiger partial charge in [0.1, 0.15) is 17.5 Å². The van der Waals surface area contributed by atoms with Crippen molar-refractivity contribution in [1.29, 1.82) is 5.26 Å². The molecule has 29 heavy (non-hydrogen) atoms. The number of nitrogens with two attached hydrogens (primary N) is 1. The third-order valence-electron chi connectivity index (χ3n) is 4.15. The number of primary sulfonamides is 1. The molecule has 0 atom stereocenters. The minimum Gasteiger partial charge on any atom is -0.465 e. The van der Waals surface area contributed by atoms with Crippen molar-refractivity contribution in [2.75, 3.05) is 31.1 Å². The second-order valence-corrected chi connectivity index (χ2v) is 7.93. The summed E-state index contributed by atoms with van der Waals surface area (Å²) in [6.45, 7) is 1.39. The second kappa shape index (κ2) is 8.29. The molecular formula is C17H18N6O5S. The maximum absolute atomic E-state index is 11.2. The molecule has 1 amide bonds. The van der Waals surface area contributed by atoms with E-state index in [0.717, 1.165) is 0 Å². The number of piperazine rings is 1. The summed E-state index contributed by atoms with van der Waals surface area (Å²) < 4.78 is 28.0. The van der Waals surface area contributed by atoms with Crippen LogP contribution in [0.4, 0.5) is 10.7 Å². The minimum absolute atomic E-state index is 0.108. The van der Waals surface area contributed by atoms with Gasteiger partial charge in [-0.15, -0.1) is 0 Å². The third kappa shape index (κ3) is 5.53. The van der Waals surface area contributed by atoms with Crippen molar-refractivity contribution in [1.82, 2.24) is 14.9 Å². The van der Waals surface area contributed by atoms with Crippen LogP contribution >= 0.6 is 0 Å². The van der Waals surface area contributed by atoms with Crippen LogP contribution in [0.1, 0.15) is 11.3 Å². The van der Waals surface area contributed by atoms with Gasteiger partial charge in [0, 0.05) is 32.2 Å². The van der Waals surface area contributed by atoms with Gasteiger partial charge in [0.2, 0.25) is 21.9 Å². The molecule has 2 aromatic rings. The van der Waals surface area contributed by atoms with E-state index in [1.54, 1.807) is 29.2 Å². The van der Waals surface area contributed by atoms with Crippen LogP contribution in [0.25, 0.3) is 0 Å². The average Bonchev–Trinajstić information content (AvgIpc) is 2.68. The fraction of sp³-hybridized carbons (Fsp3) is 0.294. The van der Waals surface area contributed by atoms with Crippen LogP contribution < -0.4 is 14.8 Å². The van der Waals surface area contributed by atoms with Crippen LogP contribution in [0.15, 0.2) is 30.3 Å². The van der Waals surface area contributed by atoms with E-state index in [-0.39, 0.29) is 23.3 Å². The van der Waals surface area contributed by atoms with E-state index in [1.807, 2.05) is 6.07 Å². The van der Waals surface area contributed by atoms with E-state index in [9.17, 15) is 18.5 Å². The van der Waals surface area contributed by atoms with Crippen molar-refractivity contribution >= 4 is 22.1 Å². The van der Waals surface area contributed by atoms with E-state index in [4.69, 9.17) is 15.0 Å². The fourth-order valence-electron chi connectivity index (χ4n) is 2.77. The Balaban J connectivity index is 1.76. The Morgan fingerprint density at radius 2 is 1.86 bits per heavy atom. The molecule has 2 heterocycles. The molecule has 1 fully saturated rings. The third-order valence-corrected chi connectivity index (χ3v) is 4.89. The summed E-state index contributed by atoms with van der Waals surface area (Å²) in [5.41, 5.74) is 0.619. The molecular weight excluding hydrogens is 400 g/mol. The first-order chi connectivity index (χ1) is 13.7. The highest BCUT2D eigenvalue weighted by Gasteiger charge is 2.23. The lowest BCUT2D eigenvalue weighted by Crippen LogP contribution is -2.48. The van der Waals surface area contributed by atoms with Crippen LogP contribution in [0.2, 0.25) is 0 Å². The predicted molar refractivity (Wildman–Crippen MR) is 102 cm³/mol. The van der Waals surface area contributed by atoms with E-state index >= 15 is 0 Å². The summed E-state index contributed by atoms with van der Waals surface area (Å²) in [6, 6.07) is 9.61. The first-order valence-corrected chi connectivity index (χ1v) is 10.2. The lowest BCUT2D eigenvalue weighted by molar-refractivity contribution is 0.142. The SMILES string of the molecule is N#Cc1cc(Oc2ccc(CS(N)(=O)=O)cc2)nc(N2CCN(C(=O)O)CC2)n1. The van der Waals surface area contributed by atoms with Crippen molar-refractivity contribution < 1.29 is 23.1 Å². The molecule has 3 rings (SSSR count). The van der Waals surface area contributed by atoms with Gasteiger partial charge in [-0.3, -0.25) is 0 Å². The molecule has 1 saturated heterocycles. The number of anilines is 1. The monoisotopic (exact) mass is 418 g/mol. The lowest BCUT2D eigenvalue weighted by Gasteiger charge is -2.33. The second-order valence-electron chi connectivity index (χ2n) is 6.31. The maximum atomic E-state index is 11.2. The van der Waals surface area contributed by atoms with E-state index in [2.05, 4.69) is 9.97 Å². The van der Waals surface area contributed by atoms with Crippen LogP contribution in [0.3, 0.4) is 0 Å². The number of nitriles is 1. The summed E-state index contributed by atoms with van der Waals surface area (Å²) in [4.78, 5) is 22.6. The molecule has 11 nitrogen and oxygen atoms in total. The molecule has 1 aliphatic heterocycles. The van der Waals surface area contributed by atoms with Gasteiger partial charge in [0.05, 0.1) is 5.75 Å². The van der Waals surface area contributed by atoms with Gasteiger partial charge in [-0.25, -0.2) is 23.3 Å². The summed E-state index contributed by atoms with van der Waals surface area (Å²) >= 11 is 0. The Labute approximate surface area is 167 Å². The average molecular weight is 418 g/mol. The first-order valence-electron chi connectivity index (χ1n) is 8.53. The zero-order chi connectivity index (χ0) is 21.0. The molecule has 0 radical (unpaired) electrons. The number of nitrogens with zero attached hydrogens (tertiary/aromatic N) is 5. The maximum Gasteiger partial charge on any atom is 0.407 e. The van der Waals surface area contributed by atoms with Crippen molar-refractivity contribution in [3.63, 3.8) is 0 Å². The molecule has 152 valence electrons. The van der Waals surface area contributed by atoms with E-state index in [0.29, 0.717) is 37.5 Å². The molecule has 1 aromatic carbocycles. The quantitative estimate of drug-likeness (QED) is 0.712. The normalized spacial score (nSPS) is 14.3. The number of hydrogen-bond donors (Lipinski definition) is 2. The van der Waals surface area contributed by atoms with Gasteiger partial charge in [0.25, 0.3) is 0 Å². The van der Waals surface area contributed by atoms with Crippen molar-refractivity contribution in [2.45, 2.75) is 5.75 Å². The summed E-state index contributed by atoms with van der Waals surface area (Å²) in [6.07, 6.45) is -0.980. The smallest absolute Gasteiger partial charge is 0.407 e. The Morgan fingerprint density at radius 1 is 1.21 bits per heavy atom. The number of hydrogen-bond acceptors (Lipinski definition) is 8. The zero-order valence-corrected chi connectivity index (χ0v) is 16.0. The lowest BCUT2D eigenvalue weighted by atomic mass is 10.2. The molecule has 1 aliphatic rings. The number of carbonyl (C=O) groups is 1. The summed E-state index contributed by atoms with van der Waals surface area (Å²) in [5.74, 6) is 0.528. The number of aromatic nitrogens is 2. The number of carboxylic acid groups (broad SMARTS) is 1. The topological polar surface area (TPSA) is 163 Å². The van der Waals surface area contributed by atoms with Crippen LogP contribution in [-0.4, -0.2) is 60.7 Å².